The van der Waals surface area contributed by atoms with E-state index in [-0.39, 0.29) is 0 Å². The Morgan fingerprint density at radius 2 is 0.385 bits per heavy atom. The number of fused-ring (bicyclic) bond motifs is 9. The summed E-state index contributed by atoms with van der Waals surface area (Å²) in [6.45, 7) is 6.08. The second kappa shape index (κ2) is 36.8. The zero-order valence-corrected chi connectivity index (χ0v) is 74.0. The minimum Gasteiger partial charge on any atom is -0.264 e. The van der Waals surface area contributed by atoms with E-state index in [1.807, 2.05) is 154 Å². The summed E-state index contributed by atoms with van der Waals surface area (Å²) in [4.78, 5) is 65.4. The van der Waals surface area contributed by atoms with Crippen molar-refractivity contribution < 1.29 is 0 Å². The average molecular weight is 1730 g/mol. The molecular weight excluding hydrogens is 1650 g/mol. The Kier molecular flexibility index (Phi) is 22.5. The first kappa shape index (κ1) is 82.6. The van der Waals surface area contributed by atoms with Crippen LogP contribution < -0.4 is 0 Å². The predicted molar refractivity (Wildman–Crippen MR) is 551 cm³/mol. The van der Waals surface area contributed by atoms with Gasteiger partial charge in [0.1, 0.15) is 0 Å². The zero-order chi connectivity index (χ0) is 90.5. The van der Waals surface area contributed by atoms with Gasteiger partial charge in [0.2, 0.25) is 0 Å². The quantitative estimate of drug-likeness (QED) is 0.0890. The molecule has 0 radical (unpaired) electrons. The van der Waals surface area contributed by atoms with Crippen molar-refractivity contribution in [3.63, 3.8) is 0 Å². The molecule has 0 unspecified atom stereocenters. The zero-order valence-electron chi connectivity index (χ0n) is 74.0. The van der Waals surface area contributed by atoms with Crippen LogP contribution in [0.2, 0.25) is 0 Å². The van der Waals surface area contributed by atoms with Crippen molar-refractivity contribution in [1.82, 2.24) is 64.8 Å². The average Bonchev–Trinajstić information content (AvgIpc) is 0.757. The number of hydrogen-bond acceptors (Lipinski definition) is 13. The Morgan fingerprint density at radius 1 is 0.148 bits per heavy atom. The van der Waals surface area contributed by atoms with E-state index in [4.69, 9.17) is 59.8 Å². The predicted octanol–water partition coefficient (Wildman–Crippen LogP) is 30.0. The van der Waals surface area contributed by atoms with Gasteiger partial charge in [-0.05, 0) is 121 Å². The van der Waals surface area contributed by atoms with E-state index >= 15 is 0 Å². The molecule has 10 heterocycles. The molecule has 0 bridgehead atoms. The lowest BCUT2D eigenvalue weighted by atomic mass is 9.99. The molecule has 0 spiro atoms. The van der Waals surface area contributed by atoms with Crippen molar-refractivity contribution in [3.05, 3.63) is 466 Å². The number of pyridine rings is 7. The smallest absolute Gasteiger partial charge is 0.161 e. The van der Waals surface area contributed by atoms with Crippen LogP contribution in [0.1, 0.15) is 17.1 Å². The minimum atomic E-state index is 0.650. The van der Waals surface area contributed by atoms with Gasteiger partial charge in [0.25, 0.3) is 0 Å². The summed E-state index contributed by atoms with van der Waals surface area (Å²) < 4.78 is 0. The van der Waals surface area contributed by atoms with Crippen molar-refractivity contribution in [3.8, 4) is 169 Å². The number of nitrogens with zero attached hydrogens (tertiary/aromatic N) is 13. The van der Waals surface area contributed by atoms with Crippen molar-refractivity contribution in [2.45, 2.75) is 20.8 Å². The topological polar surface area (TPSA) is 168 Å². The molecule has 13 nitrogen and oxygen atoms in total. The van der Waals surface area contributed by atoms with E-state index in [1.165, 1.54) is 22.3 Å². The first-order valence-electron chi connectivity index (χ1n) is 45.1. The van der Waals surface area contributed by atoms with Crippen LogP contribution in [-0.4, -0.2) is 64.8 Å². The van der Waals surface area contributed by atoms with Crippen LogP contribution in [0.5, 0.6) is 0 Å². The van der Waals surface area contributed by atoms with E-state index in [9.17, 15) is 0 Å². The highest BCUT2D eigenvalue weighted by atomic mass is 14.9. The highest BCUT2D eigenvalue weighted by molar-refractivity contribution is 6.11. The van der Waals surface area contributed by atoms with Crippen LogP contribution in [0.4, 0.5) is 0 Å². The fourth-order valence-corrected chi connectivity index (χ4v) is 17.6. The first-order chi connectivity index (χ1) is 66.6. The van der Waals surface area contributed by atoms with Gasteiger partial charge in [0, 0.05) is 129 Å². The second-order valence-electron chi connectivity index (χ2n) is 33.4. The Morgan fingerprint density at radius 3 is 0.726 bits per heavy atom. The van der Waals surface area contributed by atoms with Gasteiger partial charge in [-0.1, -0.05) is 370 Å². The Hall–Kier alpha value is -18.1. The molecule has 135 heavy (non-hydrogen) atoms. The molecule has 13 heteroatoms. The normalized spacial score (nSPS) is 11.2. The lowest BCUT2D eigenvalue weighted by Gasteiger charge is -2.13. The molecule has 0 saturated carbocycles. The standard InChI is InChI=1S/2C41H28N4.C40H27N5/c1-27-25-35(34-23-21-32-22-24-36(30-13-7-3-8-14-30)43-39(32)40(34)42-27)38-26-37(44-41(45-38)33-15-9-4-10-16-33)31-19-17-29(18-20-31)28-11-5-2-6-12-28;1-27-25-35(34-23-21-32-22-24-36(30-13-7-3-8-14-30)43-39(32)40(34)42-27)38-26-37(31-15-9-4-10-16-31)44-41(45-38)33-19-17-29(18-20-33)28-11-5-2-6-12-28;1-26-23-34(33-20-18-31-19-21-35(32-13-8-22-41-25-32)43-38(31)39(33)42-26)40-44-36(29-11-6-3-7-12-29)24-37(45-40)30-16-14-28(15-17-30)27-9-4-2-5-10-27/h2*2-26H,1H3;2-25H,1H3. The number of aryl methyl sites for hydroxylation is 3. The number of aromatic nitrogens is 13. The lowest BCUT2D eigenvalue weighted by molar-refractivity contribution is 1.17. The van der Waals surface area contributed by atoms with E-state index in [2.05, 4.69) is 314 Å². The molecule has 636 valence electrons. The number of hydrogen-bond donors (Lipinski definition) is 0. The molecule has 24 rings (SSSR count). The summed E-state index contributed by atoms with van der Waals surface area (Å²) in [5.74, 6) is 2.01. The molecule has 0 N–H and O–H groups in total. The third-order valence-electron chi connectivity index (χ3n) is 24.4. The summed E-state index contributed by atoms with van der Waals surface area (Å²) in [6.07, 6.45) is 3.60. The highest BCUT2D eigenvalue weighted by Crippen LogP contribution is 2.42. The van der Waals surface area contributed by atoms with Gasteiger partial charge in [-0.3, -0.25) is 19.9 Å². The fourth-order valence-electron chi connectivity index (χ4n) is 17.6. The monoisotopic (exact) mass is 1730 g/mol. The molecule has 14 aromatic carbocycles. The lowest BCUT2D eigenvalue weighted by Crippen LogP contribution is -1.99. The molecule has 0 aliphatic rings. The highest BCUT2D eigenvalue weighted by Gasteiger charge is 2.23. The molecule has 24 aromatic rings. The molecule has 0 amide bonds. The third kappa shape index (κ3) is 17.4. The van der Waals surface area contributed by atoms with Crippen LogP contribution in [-0.2, 0) is 0 Å². The van der Waals surface area contributed by atoms with Gasteiger partial charge < -0.3 is 0 Å². The molecule has 0 saturated heterocycles. The van der Waals surface area contributed by atoms with Gasteiger partial charge in [-0.2, -0.15) is 0 Å². The van der Waals surface area contributed by atoms with E-state index < -0.39 is 0 Å². The molecule has 0 aliphatic heterocycles. The van der Waals surface area contributed by atoms with E-state index in [0.717, 1.165) is 212 Å². The van der Waals surface area contributed by atoms with Gasteiger partial charge in [-0.25, -0.2) is 44.9 Å². The van der Waals surface area contributed by atoms with Gasteiger partial charge >= 0.3 is 0 Å². The van der Waals surface area contributed by atoms with Crippen molar-refractivity contribution in [2.24, 2.45) is 0 Å². The van der Waals surface area contributed by atoms with Gasteiger partial charge in [0.05, 0.1) is 84.3 Å². The van der Waals surface area contributed by atoms with Crippen LogP contribution in [0.3, 0.4) is 0 Å². The molecular formula is C122H83N13. The van der Waals surface area contributed by atoms with Crippen LogP contribution in [0.15, 0.2) is 449 Å². The summed E-state index contributed by atoms with van der Waals surface area (Å²) >= 11 is 0. The first-order valence-corrected chi connectivity index (χ1v) is 45.1. The number of benzene rings is 14. The van der Waals surface area contributed by atoms with Crippen molar-refractivity contribution in [2.75, 3.05) is 0 Å². The van der Waals surface area contributed by atoms with Crippen LogP contribution >= 0.6 is 0 Å². The Labute approximate surface area is 780 Å². The second-order valence-corrected chi connectivity index (χ2v) is 33.4. The summed E-state index contributed by atoms with van der Waals surface area (Å²) in [7, 11) is 0. The molecule has 10 aromatic heterocycles. The Bertz CT molecular complexity index is 7690. The maximum atomic E-state index is 5.18. The SMILES string of the molecule is Cc1cc(-c2cc(-c3ccc(-c4ccccc4)cc3)nc(-c3ccccc3)n2)c2ccc3ccc(-c4ccccc4)nc3c2n1.Cc1cc(-c2cc(-c3ccccc3)nc(-c3ccc(-c4ccccc4)cc3)n2)c2ccc3ccc(-c4ccccc4)nc3c2n1.Cc1cc(-c2nc(-c3ccccc3)cc(-c3ccc(-c4ccccc4)cc3)n2)c2ccc3ccc(-c4cccnc4)nc3c2n1. The van der Waals surface area contributed by atoms with Crippen LogP contribution in [0, 0.1) is 20.8 Å². The van der Waals surface area contributed by atoms with E-state index in [1.54, 1.807) is 6.20 Å². The van der Waals surface area contributed by atoms with Crippen molar-refractivity contribution in [1.29, 1.82) is 0 Å². The summed E-state index contributed by atoms with van der Waals surface area (Å²) in [5, 5.41) is 6.11. The maximum absolute atomic E-state index is 5.18. The largest absolute Gasteiger partial charge is 0.264 e. The molecule has 0 aliphatic carbocycles. The van der Waals surface area contributed by atoms with Gasteiger partial charge in [0.15, 0.2) is 17.5 Å². The summed E-state index contributed by atoms with van der Waals surface area (Å²) in [5.41, 5.74) is 34.9. The molecule has 0 fully saturated rings. The third-order valence-corrected chi connectivity index (χ3v) is 24.4. The van der Waals surface area contributed by atoms with Crippen molar-refractivity contribution >= 4 is 65.4 Å². The summed E-state index contributed by atoms with van der Waals surface area (Å²) in [6, 6.07) is 150. The number of rotatable bonds is 15. The minimum absolute atomic E-state index is 0.650. The fraction of sp³-hybridized carbons (Fsp3) is 0.0246. The molecule has 0 atom stereocenters. The van der Waals surface area contributed by atoms with Crippen LogP contribution in [0.25, 0.3) is 234 Å². The van der Waals surface area contributed by atoms with Gasteiger partial charge in [-0.15, -0.1) is 0 Å². The maximum Gasteiger partial charge on any atom is 0.161 e. The van der Waals surface area contributed by atoms with E-state index in [0.29, 0.717) is 17.5 Å². The Balaban J connectivity index is 0.000000118.